The van der Waals surface area contributed by atoms with Crippen molar-refractivity contribution in [1.29, 1.82) is 5.26 Å². The van der Waals surface area contributed by atoms with Gasteiger partial charge in [0, 0.05) is 16.9 Å². The second-order valence-electron chi connectivity index (χ2n) is 5.02. The van der Waals surface area contributed by atoms with E-state index in [-0.39, 0.29) is 5.41 Å². The Morgan fingerprint density at radius 3 is 1.94 bits per heavy atom. The Morgan fingerprint density at radius 2 is 1.62 bits per heavy atom. The van der Waals surface area contributed by atoms with Gasteiger partial charge in [-0.05, 0) is 23.5 Å². The first-order valence-electron chi connectivity index (χ1n) is 5.40. The van der Waals surface area contributed by atoms with Crippen LogP contribution in [0, 0.1) is 17.2 Å². The third-order valence-corrected chi connectivity index (χ3v) is 3.42. The molecule has 0 aromatic heterocycles. The van der Waals surface area contributed by atoms with Gasteiger partial charge in [-0.1, -0.05) is 27.7 Å². The van der Waals surface area contributed by atoms with Crippen LogP contribution in [0.4, 0.5) is 11.4 Å². The minimum atomic E-state index is -0.0951. The summed E-state index contributed by atoms with van der Waals surface area (Å²) in [5.74, 6) is 0.421. The van der Waals surface area contributed by atoms with Crippen molar-refractivity contribution in [2.45, 2.75) is 33.1 Å². The average molecular weight is 217 g/mol. The summed E-state index contributed by atoms with van der Waals surface area (Å²) in [5.41, 5.74) is 14.6. The second kappa shape index (κ2) is 4.05. The Hall–Kier alpha value is -1.69. The summed E-state index contributed by atoms with van der Waals surface area (Å²) in [6.45, 7) is 8.51. The molecule has 0 bridgehead atoms. The molecule has 86 valence electrons. The van der Waals surface area contributed by atoms with Gasteiger partial charge in [-0.3, -0.25) is 0 Å². The molecule has 4 N–H and O–H groups in total. The molecule has 3 heteroatoms. The van der Waals surface area contributed by atoms with Crippen LogP contribution in [0.5, 0.6) is 0 Å². The molecule has 1 rings (SSSR count). The number of hydrogen-bond donors (Lipinski definition) is 2. The van der Waals surface area contributed by atoms with Gasteiger partial charge in [-0.2, -0.15) is 5.26 Å². The molecular formula is C13H19N3. The van der Waals surface area contributed by atoms with Crippen LogP contribution < -0.4 is 11.5 Å². The molecule has 0 heterocycles. The Kier molecular flexibility index (Phi) is 3.14. The zero-order valence-electron chi connectivity index (χ0n) is 10.3. The lowest BCUT2D eigenvalue weighted by Crippen LogP contribution is -2.27. The number of rotatable bonds is 2. The fraction of sp³-hybridized carbons (Fsp3) is 0.462. The van der Waals surface area contributed by atoms with Gasteiger partial charge in [0.1, 0.15) is 0 Å². The van der Waals surface area contributed by atoms with E-state index in [4.69, 9.17) is 16.7 Å². The number of hydrogen-bond acceptors (Lipinski definition) is 3. The van der Waals surface area contributed by atoms with Gasteiger partial charge in [-0.15, -0.1) is 0 Å². The second-order valence-corrected chi connectivity index (χ2v) is 5.02. The minimum absolute atomic E-state index is 0.0951. The SMILES string of the molecule is CC(C)C(C)(C)c1c(N)cc(C#N)cc1N. The van der Waals surface area contributed by atoms with E-state index in [0.717, 1.165) is 5.56 Å². The van der Waals surface area contributed by atoms with Crippen LogP contribution in [-0.2, 0) is 5.41 Å². The molecular weight excluding hydrogens is 198 g/mol. The largest absolute Gasteiger partial charge is 0.398 e. The van der Waals surface area contributed by atoms with Crippen molar-refractivity contribution in [3.8, 4) is 6.07 Å². The summed E-state index contributed by atoms with van der Waals surface area (Å²) >= 11 is 0. The predicted molar refractivity (Wildman–Crippen MR) is 67.8 cm³/mol. The van der Waals surface area contributed by atoms with E-state index < -0.39 is 0 Å². The Bertz CT molecular complexity index is 416. The van der Waals surface area contributed by atoms with Crippen molar-refractivity contribution in [3.63, 3.8) is 0 Å². The Morgan fingerprint density at radius 1 is 1.19 bits per heavy atom. The van der Waals surface area contributed by atoms with E-state index in [1.807, 2.05) is 0 Å². The van der Waals surface area contributed by atoms with E-state index >= 15 is 0 Å². The molecule has 0 saturated heterocycles. The standard InChI is InChI=1S/C13H19N3/c1-8(2)13(3,4)12-10(15)5-9(7-14)6-11(12)16/h5-6,8H,15-16H2,1-4H3. The van der Waals surface area contributed by atoms with Crippen LogP contribution in [0.3, 0.4) is 0 Å². The van der Waals surface area contributed by atoms with Crippen molar-refractivity contribution >= 4 is 11.4 Å². The predicted octanol–water partition coefficient (Wildman–Crippen LogP) is 2.66. The first-order valence-corrected chi connectivity index (χ1v) is 5.40. The highest BCUT2D eigenvalue weighted by atomic mass is 14.6. The molecule has 0 aliphatic rings. The number of nitrogens with zero attached hydrogens (tertiary/aromatic N) is 1. The van der Waals surface area contributed by atoms with Crippen molar-refractivity contribution in [3.05, 3.63) is 23.3 Å². The summed E-state index contributed by atoms with van der Waals surface area (Å²) in [7, 11) is 0. The van der Waals surface area contributed by atoms with Gasteiger partial charge in [0.2, 0.25) is 0 Å². The topological polar surface area (TPSA) is 75.8 Å². The van der Waals surface area contributed by atoms with Crippen molar-refractivity contribution in [1.82, 2.24) is 0 Å². The van der Waals surface area contributed by atoms with Gasteiger partial charge in [0.25, 0.3) is 0 Å². The zero-order chi connectivity index (χ0) is 12.5. The van der Waals surface area contributed by atoms with Gasteiger partial charge in [0.05, 0.1) is 11.6 Å². The Labute approximate surface area is 97.1 Å². The maximum Gasteiger partial charge on any atom is 0.0993 e. The van der Waals surface area contributed by atoms with E-state index in [0.29, 0.717) is 22.9 Å². The van der Waals surface area contributed by atoms with E-state index in [1.54, 1.807) is 12.1 Å². The lowest BCUT2D eigenvalue weighted by Gasteiger charge is -2.32. The van der Waals surface area contributed by atoms with E-state index in [9.17, 15) is 0 Å². The van der Waals surface area contributed by atoms with E-state index in [2.05, 4.69) is 33.8 Å². The molecule has 0 atom stereocenters. The highest BCUT2D eigenvalue weighted by Crippen LogP contribution is 2.39. The quantitative estimate of drug-likeness (QED) is 0.748. The average Bonchev–Trinajstić information content (AvgIpc) is 2.15. The maximum absolute atomic E-state index is 8.83. The molecule has 0 fully saturated rings. The highest BCUT2D eigenvalue weighted by Gasteiger charge is 2.29. The summed E-state index contributed by atoms with van der Waals surface area (Å²) in [6, 6.07) is 5.44. The summed E-state index contributed by atoms with van der Waals surface area (Å²) < 4.78 is 0. The zero-order valence-corrected chi connectivity index (χ0v) is 10.3. The molecule has 16 heavy (non-hydrogen) atoms. The van der Waals surface area contributed by atoms with Crippen molar-refractivity contribution < 1.29 is 0 Å². The first kappa shape index (κ1) is 12.4. The molecule has 0 amide bonds. The van der Waals surface area contributed by atoms with Gasteiger partial charge < -0.3 is 11.5 Å². The third-order valence-electron chi connectivity index (χ3n) is 3.42. The summed E-state index contributed by atoms with van der Waals surface area (Å²) in [4.78, 5) is 0. The van der Waals surface area contributed by atoms with Gasteiger partial charge >= 0.3 is 0 Å². The lowest BCUT2D eigenvalue weighted by atomic mass is 9.73. The number of nitriles is 1. The molecule has 0 aliphatic heterocycles. The lowest BCUT2D eigenvalue weighted by molar-refractivity contribution is 0.375. The molecule has 1 aromatic rings. The molecule has 0 aliphatic carbocycles. The number of nitrogen functional groups attached to an aromatic ring is 2. The molecule has 0 unspecified atom stereocenters. The Balaban J connectivity index is 3.42. The van der Waals surface area contributed by atoms with Crippen molar-refractivity contribution in [2.75, 3.05) is 11.5 Å². The number of benzene rings is 1. The van der Waals surface area contributed by atoms with Crippen LogP contribution in [-0.4, -0.2) is 0 Å². The minimum Gasteiger partial charge on any atom is -0.398 e. The first-order chi connectivity index (χ1) is 7.30. The fourth-order valence-electron chi connectivity index (χ4n) is 1.78. The monoisotopic (exact) mass is 217 g/mol. The normalized spacial score (nSPS) is 11.5. The van der Waals surface area contributed by atoms with Crippen molar-refractivity contribution in [2.24, 2.45) is 5.92 Å². The van der Waals surface area contributed by atoms with Crippen LogP contribution in [0.2, 0.25) is 0 Å². The number of nitrogens with two attached hydrogens (primary N) is 2. The summed E-state index contributed by atoms with van der Waals surface area (Å²) in [5, 5.41) is 8.83. The number of anilines is 2. The van der Waals surface area contributed by atoms with Crippen LogP contribution in [0.15, 0.2) is 12.1 Å². The fourth-order valence-corrected chi connectivity index (χ4v) is 1.78. The molecule has 0 spiro atoms. The summed E-state index contributed by atoms with van der Waals surface area (Å²) in [6.07, 6.45) is 0. The molecule has 1 aromatic carbocycles. The molecule has 3 nitrogen and oxygen atoms in total. The smallest absolute Gasteiger partial charge is 0.0993 e. The molecule has 0 radical (unpaired) electrons. The van der Waals surface area contributed by atoms with Crippen LogP contribution in [0.25, 0.3) is 0 Å². The third kappa shape index (κ3) is 1.96. The van der Waals surface area contributed by atoms with Gasteiger partial charge in [-0.25, -0.2) is 0 Å². The maximum atomic E-state index is 8.83. The highest BCUT2D eigenvalue weighted by molar-refractivity contribution is 5.67. The van der Waals surface area contributed by atoms with Crippen LogP contribution >= 0.6 is 0 Å². The van der Waals surface area contributed by atoms with E-state index in [1.165, 1.54) is 0 Å². The van der Waals surface area contributed by atoms with Crippen LogP contribution in [0.1, 0.15) is 38.8 Å². The molecule has 0 saturated carbocycles. The van der Waals surface area contributed by atoms with Gasteiger partial charge in [0.15, 0.2) is 0 Å².